The maximum Gasteiger partial charge on any atom is 0.128 e. The number of aromatic nitrogens is 1. The molecule has 0 amide bonds. The Balaban J connectivity index is 3.09. The van der Waals surface area contributed by atoms with Gasteiger partial charge >= 0.3 is 0 Å². The van der Waals surface area contributed by atoms with Gasteiger partial charge in [0.1, 0.15) is 5.75 Å². The molecule has 0 bridgehead atoms. The first-order valence-corrected chi connectivity index (χ1v) is 6.01. The van der Waals surface area contributed by atoms with Crippen molar-refractivity contribution in [3.8, 4) is 5.75 Å². The molecule has 0 aliphatic rings. The van der Waals surface area contributed by atoms with E-state index in [2.05, 4.69) is 4.98 Å². The number of aliphatic hydroxyl groups is 1. The lowest BCUT2D eigenvalue weighted by Crippen LogP contribution is -2.34. The van der Waals surface area contributed by atoms with Gasteiger partial charge in [0.25, 0.3) is 0 Å². The first-order chi connectivity index (χ1) is 7.79. The quantitative estimate of drug-likeness (QED) is 0.875. The van der Waals surface area contributed by atoms with E-state index in [0.29, 0.717) is 6.42 Å². The summed E-state index contributed by atoms with van der Waals surface area (Å²) in [4.78, 5) is 4.41. The number of ether oxygens (including phenoxy) is 1. The minimum absolute atomic E-state index is 0.191. The van der Waals surface area contributed by atoms with Crippen LogP contribution in [0.25, 0.3) is 0 Å². The number of pyridine rings is 1. The van der Waals surface area contributed by atoms with Crippen LogP contribution in [0, 0.1) is 19.8 Å². The molecule has 3 heteroatoms. The molecule has 17 heavy (non-hydrogen) atoms. The summed E-state index contributed by atoms with van der Waals surface area (Å²) in [6.07, 6.45) is 2.35. The number of methoxy groups -OCH3 is 1. The molecule has 1 aromatic heterocycles. The van der Waals surface area contributed by atoms with Crippen molar-refractivity contribution in [1.29, 1.82) is 0 Å². The molecule has 1 aromatic rings. The molecule has 1 atom stereocenters. The highest BCUT2D eigenvalue weighted by atomic mass is 16.5. The third-order valence-corrected chi connectivity index (χ3v) is 3.52. The summed E-state index contributed by atoms with van der Waals surface area (Å²) in [5.74, 6) is 1.06. The Hall–Kier alpha value is -1.09. The summed E-state index contributed by atoms with van der Waals surface area (Å²) in [5.41, 5.74) is 2.22. The molecular formula is C14H23NO2. The number of rotatable bonds is 4. The summed E-state index contributed by atoms with van der Waals surface area (Å²) in [7, 11) is 1.67. The average Bonchev–Trinajstić information content (AvgIpc) is 2.23. The van der Waals surface area contributed by atoms with Gasteiger partial charge in [-0.05, 0) is 26.7 Å². The molecular weight excluding hydrogens is 214 g/mol. The molecule has 1 unspecified atom stereocenters. The van der Waals surface area contributed by atoms with Crippen molar-refractivity contribution in [1.82, 2.24) is 4.98 Å². The minimum atomic E-state index is -0.738. The van der Waals surface area contributed by atoms with E-state index in [1.54, 1.807) is 13.3 Å². The van der Waals surface area contributed by atoms with E-state index in [1.165, 1.54) is 0 Å². The van der Waals surface area contributed by atoms with Gasteiger partial charge in [-0.1, -0.05) is 13.8 Å². The molecule has 0 saturated heterocycles. The van der Waals surface area contributed by atoms with Crippen LogP contribution in [0.1, 0.15) is 37.6 Å². The Morgan fingerprint density at radius 3 is 2.47 bits per heavy atom. The summed E-state index contributed by atoms with van der Waals surface area (Å²) in [6.45, 7) is 9.85. The van der Waals surface area contributed by atoms with Gasteiger partial charge in [-0.15, -0.1) is 0 Å². The third-order valence-electron chi connectivity index (χ3n) is 3.52. The number of hydrogen-bond donors (Lipinski definition) is 1. The lowest BCUT2D eigenvalue weighted by molar-refractivity contribution is 0.0129. The molecule has 96 valence electrons. The van der Waals surface area contributed by atoms with Gasteiger partial charge in [-0.2, -0.15) is 0 Å². The van der Waals surface area contributed by atoms with Gasteiger partial charge in [0.2, 0.25) is 0 Å². The second-order valence-electron chi connectivity index (χ2n) is 5.23. The van der Waals surface area contributed by atoms with E-state index in [0.717, 1.165) is 22.6 Å². The van der Waals surface area contributed by atoms with Crippen LogP contribution in [0.2, 0.25) is 0 Å². The molecule has 1 rings (SSSR count). The zero-order valence-corrected chi connectivity index (χ0v) is 11.7. The highest BCUT2D eigenvalue weighted by Gasteiger charge is 2.27. The minimum Gasteiger partial charge on any atom is -0.496 e. The van der Waals surface area contributed by atoms with Gasteiger partial charge in [-0.3, -0.25) is 4.98 Å². The Morgan fingerprint density at radius 1 is 1.41 bits per heavy atom. The smallest absolute Gasteiger partial charge is 0.128 e. The Bertz CT molecular complexity index is 397. The molecule has 0 aliphatic carbocycles. The fourth-order valence-electron chi connectivity index (χ4n) is 1.79. The van der Waals surface area contributed by atoms with E-state index in [4.69, 9.17) is 4.74 Å². The van der Waals surface area contributed by atoms with Crippen molar-refractivity contribution in [2.24, 2.45) is 5.92 Å². The Morgan fingerprint density at radius 2 is 2.00 bits per heavy atom. The maximum absolute atomic E-state index is 10.3. The first kappa shape index (κ1) is 14.0. The van der Waals surface area contributed by atoms with Crippen molar-refractivity contribution in [3.05, 3.63) is 23.0 Å². The average molecular weight is 237 g/mol. The summed E-state index contributed by atoms with van der Waals surface area (Å²) in [5, 5.41) is 10.3. The molecule has 0 spiro atoms. The van der Waals surface area contributed by atoms with Crippen LogP contribution in [0.15, 0.2) is 6.20 Å². The number of aryl methyl sites for hydroxylation is 1. The lowest BCUT2D eigenvalue weighted by atomic mass is 9.86. The van der Waals surface area contributed by atoms with Crippen LogP contribution in [0.3, 0.4) is 0 Å². The number of nitrogens with zero attached hydrogens (tertiary/aromatic N) is 1. The summed E-state index contributed by atoms with van der Waals surface area (Å²) in [6, 6.07) is 0. The molecule has 0 aromatic carbocycles. The van der Waals surface area contributed by atoms with E-state index in [-0.39, 0.29) is 5.92 Å². The fraction of sp³-hybridized carbons (Fsp3) is 0.643. The molecule has 1 heterocycles. The van der Waals surface area contributed by atoms with Crippen molar-refractivity contribution in [3.63, 3.8) is 0 Å². The second-order valence-corrected chi connectivity index (χ2v) is 5.23. The van der Waals surface area contributed by atoms with E-state index >= 15 is 0 Å². The topological polar surface area (TPSA) is 42.4 Å². The van der Waals surface area contributed by atoms with Gasteiger partial charge in [0, 0.05) is 29.4 Å². The van der Waals surface area contributed by atoms with Gasteiger partial charge in [-0.25, -0.2) is 0 Å². The predicted molar refractivity (Wildman–Crippen MR) is 69.4 cm³/mol. The molecule has 1 N–H and O–H groups in total. The van der Waals surface area contributed by atoms with Gasteiger partial charge in [0.15, 0.2) is 0 Å². The molecule has 0 aliphatic heterocycles. The number of hydrogen-bond acceptors (Lipinski definition) is 3. The molecule has 0 radical (unpaired) electrons. The Labute approximate surface area is 104 Å². The van der Waals surface area contributed by atoms with Crippen LogP contribution in [0.4, 0.5) is 0 Å². The van der Waals surface area contributed by atoms with Crippen molar-refractivity contribution in [2.45, 2.75) is 46.6 Å². The van der Waals surface area contributed by atoms with E-state index in [1.807, 2.05) is 34.6 Å². The van der Waals surface area contributed by atoms with E-state index in [9.17, 15) is 5.11 Å². The van der Waals surface area contributed by atoms with Crippen LogP contribution in [-0.2, 0) is 6.42 Å². The van der Waals surface area contributed by atoms with Crippen LogP contribution < -0.4 is 4.74 Å². The predicted octanol–water partition coefficient (Wildman–Crippen LogP) is 2.66. The highest BCUT2D eigenvalue weighted by molar-refractivity contribution is 5.41. The standard InChI is InChI=1S/C14H23NO2/c1-9(2)14(5,16)7-12-11(4)13(17-6)10(3)8-15-12/h8-9,16H,7H2,1-6H3. The normalized spacial score (nSPS) is 14.8. The largest absolute Gasteiger partial charge is 0.496 e. The molecule has 0 fully saturated rings. The van der Waals surface area contributed by atoms with Crippen LogP contribution in [0.5, 0.6) is 5.75 Å². The van der Waals surface area contributed by atoms with E-state index < -0.39 is 5.60 Å². The van der Waals surface area contributed by atoms with Gasteiger partial charge in [0.05, 0.1) is 12.7 Å². The zero-order chi connectivity index (χ0) is 13.2. The van der Waals surface area contributed by atoms with Crippen LogP contribution in [-0.4, -0.2) is 22.8 Å². The zero-order valence-electron chi connectivity index (χ0n) is 11.7. The Kier molecular flexibility index (Phi) is 4.15. The first-order valence-electron chi connectivity index (χ1n) is 6.01. The fourth-order valence-corrected chi connectivity index (χ4v) is 1.79. The van der Waals surface area contributed by atoms with Gasteiger partial charge < -0.3 is 9.84 Å². The van der Waals surface area contributed by atoms with Crippen molar-refractivity contribution >= 4 is 0 Å². The third kappa shape index (κ3) is 2.97. The maximum atomic E-state index is 10.3. The highest BCUT2D eigenvalue weighted by Crippen LogP contribution is 2.28. The molecule has 3 nitrogen and oxygen atoms in total. The van der Waals surface area contributed by atoms with Crippen molar-refractivity contribution < 1.29 is 9.84 Å². The monoisotopic (exact) mass is 237 g/mol. The molecule has 0 saturated carbocycles. The lowest BCUT2D eigenvalue weighted by Gasteiger charge is -2.28. The summed E-state index contributed by atoms with van der Waals surface area (Å²) >= 11 is 0. The van der Waals surface area contributed by atoms with Crippen molar-refractivity contribution in [2.75, 3.05) is 7.11 Å². The van der Waals surface area contributed by atoms with Crippen LogP contribution >= 0.6 is 0 Å². The second kappa shape index (κ2) is 5.05. The SMILES string of the molecule is COc1c(C)cnc(CC(C)(O)C(C)C)c1C. The summed E-state index contributed by atoms with van der Waals surface area (Å²) < 4.78 is 5.37.